The lowest BCUT2D eigenvalue weighted by Gasteiger charge is -2.19. The van der Waals surface area contributed by atoms with Crippen molar-refractivity contribution in [3.05, 3.63) is 0 Å². The highest BCUT2D eigenvalue weighted by Crippen LogP contribution is 2.06. The third kappa shape index (κ3) is 7.83. The highest BCUT2D eigenvalue weighted by molar-refractivity contribution is 9.09. The quantitative estimate of drug-likeness (QED) is 0.536. The van der Waals surface area contributed by atoms with Crippen molar-refractivity contribution in [2.24, 2.45) is 5.92 Å². The zero-order chi connectivity index (χ0) is 10.1. The summed E-state index contributed by atoms with van der Waals surface area (Å²) in [5, 5.41) is 4.64. The van der Waals surface area contributed by atoms with E-state index in [1.807, 2.05) is 11.8 Å². The maximum absolute atomic E-state index is 3.55. The van der Waals surface area contributed by atoms with Crippen LogP contribution in [0.15, 0.2) is 0 Å². The molecule has 0 aromatic carbocycles. The number of halogens is 1. The van der Waals surface area contributed by atoms with Crippen LogP contribution in [0.2, 0.25) is 0 Å². The van der Waals surface area contributed by atoms with Crippen molar-refractivity contribution in [3.63, 3.8) is 0 Å². The van der Waals surface area contributed by atoms with Crippen molar-refractivity contribution < 1.29 is 0 Å². The standard InChI is InChI=1S/C10H22BrNS/c1-4-13-7-5-6-12-10(3)9(2)8-11/h9-10,12H,4-8H2,1-3H3. The summed E-state index contributed by atoms with van der Waals surface area (Å²) in [6.07, 6.45) is 1.29. The van der Waals surface area contributed by atoms with Crippen molar-refractivity contribution in [2.75, 3.05) is 23.4 Å². The molecule has 2 atom stereocenters. The topological polar surface area (TPSA) is 12.0 Å². The molecule has 13 heavy (non-hydrogen) atoms. The molecule has 0 fully saturated rings. The lowest BCUT2D eigenvalue weighted by molar-refractivity contribution is 0.436. The Morgan fingerprint density at radius 3 is 2.62 bits per heavy atom. The third-order valence-electron chi connectivity index (χ3n) is 2.23. The predicted molar refractivity (Wildman–Crippen MR) is 68.0 cm³/mol. The minimum absolute atomic E-state index is 0.631. The van der Waals surface area contributed by atoms with E-state index in [4.69, 9.17) is 0 Å². The normalized spacial score (nSPS) is 15.7. The summed E-state index contributed by atoms with van der Waals surface area (Å²) in [5.41, 5.74) is 0. The Bertz CT molecular complexity index is 111. The first-order valence-corrected chi connectivity index (χ1v) is 7.37. The van der Waals surface area contributed by atoms with Crippen LogP contribution >= 0.6 is 27.7 Å². The van der Waals surface area contributed by atoms with E-state index in [9.17, 15) is 0 Å². The molecule has 0 saturated heterocycles. The van der Waals surface area contributed by atoms with E-state index in [1.54, 1.807) is 0 Å². The molecule has 2 unspecified atom stereocenters. The van der Waals surface area contributed by atoms with Gasteiger partial charge in [-0.15, -0.1) is 0 Å². The van der Waals surface area contributed by atoms with Crippen molar-refractivity contribution >= 4 is 27.7 Å². The van der Waals surface area contributed by atoms with Gasteiger partial charge in [-0.3, -0.25) is 0 Å². The average Bonchev–Trinajstić information content (AvgIpc) is 2.16. The van der Waals surface area contributed by atoms with Gasteiger partial charge < -0.3 is 5.32 Å². The largest absolute Gasteiger partial charge is 0.314 e. The van der Waals surface area contributed by atoms with Gasteiger partial charge in [-0.1, -0.05) is 29.8 Å². The van der Waals surface area contributed by atoms with E-state index in [0.717, 1.165) is 17.8 Å². The lowest BCUT2D eigenvalue weighted by atomic mass is 10.1. The van der Waals surface area contributed by atoms with Crippen molar-refractivity contribution in [3.8, 4) is 0 Å². The van der Waals surface area contributed by atoms with E-state index in [0.29, 0.717) is 6.04 Å². The van der Waals surface area contributed by atoms with Gasteiger partial charge in [-0.25, -0.2) is 0 Å². The monoisotopic (exact) mass is 267 g/mol. The summed E-state index contributed by atoms with van der Waals surface area (Å²) in [4.78, 5) is 0. The third-order valence-corrected chi connectivity index (χ3v) is 4.24. The van der Waals surface area contributed by atoms with Crippen LogP contribution in [0.5, 0.6) is 0 Å². The molecule has 0 bridgehead atoms. The number of hydrogen-bond acceptors (Lipinski definition) is 2. The maximum atomic E-state index is 3.55. The fraction of sp³-hybridized carbons (Fsp3) is 1.00. The SMILES string of the molecule is CCSCCCNC(C)C(C)CBr. The molecule has 1 N–H and O–H groups in total. The van der Waals surface area contributed by atoms with Crippen LogP contribution in [-0.4, -0.2) is 29.4 Å². The van der Waals surface area contributed by atoms with Gasteiger partial charge in [0.2, 0.25) is 0 Å². The van der Waals surface area contributed by atoms with Gasteiger partial charge in [0.15, 0.2) is 0 Å². The summed E-state index contributed by atoms with van der Waals surface area (Å²) in [5.74, 6) is 3.26. The molecule has 0 spiro atoms. The first-order valence-electron chi connectivity index (χ1n) is 5.09. The first kappa shape index (κ1) is 13.8. The van der Waals surface area contributed by atoms with Crippen LogP contribution in [0.25, 0.3) is 0 Å². The number of thioether (sulfide) groups is 1. The van der Waals surface area contributed by atoms with Crippen molar-refractivity contribution in [2.45, 2.75) is 33.2 Å². The van der Waals surface area contributed by atoms with Gasteiger partial charge in [-0.2, -0.15) is 11.8 Å². The lowest BCUT2D eigenvalue weighted by Crippen LogP contribution is -2.33. The Labute approximate surface area is 95.6 Å². The Hall–Kier alpha value is 0.790. The predicted octanol–water partition coefficient (Wildman–Crippen LogP) is 3.14. The summed E-state index contributed by atoms with van der Waals surface area (Å²) >= 11 is 5.53. The maximum Gasteiger partial charge on any atom is 0.00723 e. The molecule has 0 aromatic heterocycles. The molecule has 0 heterocycles. The number of rotatable bonds is 8. The highest BCUT2D eigenvalue weighted by atomic mass is 79.9. The molecule has 1 nitrogen and oxygen atoms in total. The Balaban J connectivity index is 3.21. The molecule has 0 aromatic rings. The Morgan fingerprint density at radius 1 is 1.38 bits per heavy atom. The summed E-state index contributed by atoms with van der Waals surface area (Å²) in [7, 11) is 0. The Kier molecular flexibility index (Phi) is 9.92. The molecule has 0 aliphatic carbocycles. The van der Waals surface area contributed by atoms with Gasteiger partial charge in [0.1, 0.15) is 0 Å². The zero-order valence-electron chi connectivity index (χ0n) is 8.98. The molecule has 0 aliphatic heterocycles. The molecule has 0 radical (unpaired) electrons. The van der Waals surface area contributed by atoms with E-state index in [2.05, 4.69) is 42.0 Å². The van der Waals surface area contributed by atoms with Crippen molar-refractivity contribution in [1.82, 2.24) is 5.32 Å². The number of alkyl halides is 1. The van der Waals surface area contributed by atoms with E-state index in [-0.39, 0.29) is 0 Å². The molecule has 0 rings (SSSR count). The van der Waals surface area contributed by atoms with Gasteiger partial charge in [0.25, 0.3) is 0 Å². The minimum Gasteiger partial charge on any atom is -0.314 e. The first-order chi connectivity index (χ1) is 6.22. The molecule has 80 valence electrons. The van der Waals surface area contributed by atoms with Crippen LogP contribution in [0.3, 0.4) is 0 Å². The number of nitrogens with one attached hydrogen (secondary N) is 1. The number of hydrogen-bond donors (Lipinski definition) is 1. The van der Waals surface area contributed by atoms with Crippen LogP contribution in [-0.2, 0) is 0 Å². The van der Waals surface area contributed by atoms with Gasteiger partial charge in [-0.05, 0) is 37.3 Å². The second-order valence-corrected chi connectivity index (χ2v) is 5.47. The van der Waals surface area contributed by atoms with Crippen LogP contribution in [0, 0.1) is 5.92 Å². The van der Waals surface area contributed by atoms with E-state index in [1.165, 1.54) is 17.9 Å². The molecule has 0 amide bonds. The highest BCUT2D eigenvalue weighted by Gasteiger charge is 2.08. The zero-order valence-corrected chi connectivity index (χ0v) is 11.4. The molecule has 0 aliphatic rings. The van der Waals surface area contributed by atoms with Crippen LogP contribution < -0.4 is 5.32 Å². The fourth-order valence-electron chi connectivity index (χ4n) is 0.983. The summed E-state index contributed by atoms with van der Waals surface area (Å²) < 4.78 is 0. The van der Waals surface area contributed by atoms with Crippen LogP contribution in [0.4, 0.5) is 0 Å². The summed E-state index contributed by atoms with van der Waals surface area (Å²) in [6.45, 7) is 7.91. The van der Waals surface area contributed by atoms with Gasteiger partial charge in [0, 0.05) is 11.4 Å². The minimum atomic E-state index is 0.631. The van der Waals surface area contributed by atoms with Gasteiger partial charge in [0.05, 0.1) is 0 Å². The Morgan fingerprint density at radius 2 is 2.08 bits per heavy atom. The van der Waals surface area contributed by atoms with Crippen molar-refractivity contribution in [1.29, 1.82) is 0 Å². The van der Waals surface area contributed by atoms with Gasteiger partial charge >= 0.3 is 0 Å². The molecule has 3 heteroatoms. The van der Waals surface area contributed by atoms with E-state index >= 15 is 0 Å². The summed E-state index contributed by atoms with van der Waals surface area (Å²) in [6, 6.07) is 0.631. The second-order valence-electron chi connectivity index (χ2n) is 3.42. The molecule has 0 saturated carbocycles. The fourth-order valence-corrected chi connectivity index (χ4v) is 2.18. The second kappa shape index (κ2) is 9.35. The smallest absolute Gasteiger partial charge is 0.00723 e. The molecular weight excluding hydrogens is 246 g/mol. The average molecular weight is 268 g/mol. The van der Waals surface area contributed by atoms with E-state index < -0.39 is 0 Å². The van der Waals surface area contributed by atoms with Crippen LogP contribution in [0.1, 0.15) is 27.2 Å². The molecular formula is C10H22BrNS.